The molecule has 1 aromatic carbocycles. The van der Waals surface area contributed by atoms with E-state index in [2.05, 4.69) is 13.8 Å². The lowest BCUT2D eigenvalue weighted by molar-refractivity contribution is -0.129. The number of hydrogen-bond acceptors (Lipinski definition) is 4. The van der Waals surface area contributed by atoms with Crippen molar-refractivity contribution in [2.45, 2.75) is 56.9 Å². The molecule has 0 aromatic heterocycles. The molecule has 0 spiro atoms. The van der Waals surface area contributed by atoms with Crippen LogP contribution in [0.4, 0.5) is 0 Å². The molecule has 152 valence electrons. The highest BCUT2D eigenvalue weighted by Gasteiger charge is 2.26. The molecule has 1 unspecified atom stereocenters. The Bertz CT molecular complexity index is 710. The molecule has 0 aliphatic carbocycles. The van der Waals surface area contributed by atoms with Gasteiger partial charge in [0.05, 0.1) is 4.90 Å². The molecule has 27 heavy (non-hydrogen) atoms. The topological polar surface area (TPSA) is 83.7 Å². The van der Waals surface area contributed by atoms with Crippen LogP contribution in [0.25, 0.3) is 0 Å². The first-order valence-corrected chi connectivity index (χ1v) is 11.2. The van der Waals surface area contributed by atoms with Gasteiger partial charge in [0.1, 0.15) is 0 Å². The molecule has 6 nitrogen and oxygen atoms in total. The summed E-state index contributed by atoms with van der Waals surface area (Å²) in [7, 11) is -1.57. The summed E-state index contributed by atoms with van der Waals surface area (Å²) < 4.78 is 26.6. The number of carbonyl (C=O) groups is 1. The smallest absolute Gasteiger partial charge is 0.243 e. The Kier molecular flexibility index (Phi) is 7.82. The Morgan fingerprint density at radius 2 is 1.78 bits per heavy atom. The van der Waals surface area contributed by atoms with E-state index in [1.54, 1.807) is 28.4 Å². The number of hydrogen-bond donors (Lipinski definition) is 1. The predicted octanol–water partition coefficient (Wildman–Crippen LogP) is 2.24. The van der Waals surface area contributed by atoms with Crippen LogP contribution in [0.2, 0.25) is 0 Å². The van der Waals surface area contributed by atoms with Crippen molar-refractivity contribution in [1.29, 1.82) is 0 Å². The zero-order valence-corrected chi connectivity index (χ0v) is 17.5. The van der Waals surface area contributed by atoms with Crippen molar-refractivity contribution in [1.82, 2.24) is 9.21 Å². The highest BCUT2D eigenvalue weighted by atomic mass is 32.2. The predicted molar refractivity (Wildman–Crippen MR) is 108 cm³/mol. The van der Waals surface area contributed by atoms with E-state index < -0.39 is 10.0 Å². The van der Waals surface area contributed by atoms with Crippen molar-refractivity contribution in [3.8, 4) is 0 Å². The minimum Gasteiger partial charge on any atom is -0.346 e. The third kappa shape index (κ3) is 6.02. The summed E-state index contributed by atoms with van der Waals surface area (Å²) in [5.41, 5.74) is 7.00. The van der Waals surface area contributed by atoms with E-state index in [9.17, 15) is 13.2 Å². The summed E-state index contributed by atoms with van der Waals surface area (Å²) in [4.78, 5) is 14.3. The van der Waals surface area contributed by atoms with E-state index in [1.807, 2.05) is 12.1 Å². The first-order chi connectivity index (χ1) is 12.7. The van der Waals surface area contributed by atoms with E-state index >= 15 is 0 Å². The molecule has 0 saturated carbocycles. The number of amides is 1. The second-order valence-corrected chi connectivity index (χ2v) is 9.70. The SMILES string of the molecule is CC(C)C(N)CCN(C)C(=O)CCc1ccc(S(=O)(=O)N2CCCC2)cc1. The normalized spacial score (nSPS) is 16.6. The summed E-state index contributed by atoms with van der Waals surface area (Å²) in [5, 5.41) is 0. The molecule has 1 fully saturated rings. The summed E-state index contributed by atoms with van der Waals surface area (Å²) >= 11 is 0. The van der Waals surface area contributed by atoms with Crippen LogP contribution in [0.15, 0.2) is 29.2 Å². The quantitative estimate of drug-likeness (QED) is 0.695. The first kappa shape index (κ1) is 21.9. The van der Waals surface area contributed by atoms with E-state index in [0.29, 0.717) is 43.3 Å². The standard InChI is InChI=1S/C20H33N3O3S/c1-16(2)19(21)12-15-22(3)20(24)11-8-17-6-9-18(10-7-17)27(25,26)23-13-4-5-14-23/h6-7,9-10,16,19H,4-5,8,11-15,21H2,1-3H3. The summed E-state index contributed by atoms with van der Waals surface area (Å²) in [6, 6.07) is 7.03. The van der Waals surface area contributed by atoms with Crippen LogP contribution in [-0.2, 0) is 21.2 Å². The van der Waals surface area contributed by atoms with E-state index in [4.69, 9.17) is 5.73 Å². The zero-order chi connectivity index (χ0) is 20.0. The molecule has 1 aromatic rings. The van der Waals surface area contributed by atoms with Gasteiger partial charge in [0.25, 0.3) is 0 Å². The highest BCUT2D eigenvalue weighted by molar-refractivity contribution is 7.89. The van der Waals surface area contributed by atoms with Gasteiger partial charge in [0.2, 0.25) is 15.9 Å². The molecule has 1 aliphatic heterocycles. The van der Waals surface area contributed by atoms with Crippen molar-refractivity contribution in [2.24, 2.45) is 11.7 Å². The minimum absolute atomic E-state index is 0.0831. The lowest BCUT2D eigenvalue weighted by Crippen LogP contribution is -2.34. The average molecular weight is 396 g/mol. The number of aryl methyl sites for hydroxylation is 1. The molecular formula is C20H33N3O3S. The molecular weight excluding hydrogens is 362 g/mol. The van der Waals surface area contributed by atoms with Crippen molar-refractivity contribution in [3.63, 3.8) is 0 Å². The molecule has 1 amide bonds. The maximum atomic E-state index is 12.5. The van der Waals surface area contributed by atoms with E-state index in [0.717, 1.165) is 24.8 Å². The number of rotatable bonds is 9. The fraction of sp³-hybridized carbons (Fsp3) is 0.650. The van der Waals surface area contributed by atoms with Gasteiger partial charge >= 0.3 is 0 Å². The molecule has 0 bridgehead atoms. The number of carbonyl (C=O) groups excluding carboxylic acids is 1. The van der Waals surface area contributed by atoms with Crippen LogP contribution < -0.4 is 5.73 Å². The fourth-order valence-electron chi connectivity index (χ4n) is 3.15. The largest absolute Gasteiger partial charge is 0.346 e. The Hall–Kier alpha value is -1.44. The Morgan fingerprint density at radius 3 is 2.33 bits per heavy atom. The lowest BCUT2D eigenvalue weighted by Gasteiger charge is -2.21. The maximum Gasteiger partial charge on any atom is 0.243 e. The van der Waals surface area contributed by atoms with Crippen LogP contribution >= 0.6 is 0 Å². The highest BCUT2D eigenvalue weighted by Crippen LogP contribution is 2.21. The van der Waals surface area contributed by atoms with Crippen LogP contribution in [0.5, 0.6) is 0 Å². The zero-order valence-electron chi connectivity index (χ0n) is 16.7. The Balaban J connectivity index is 1.85. The van der Waals surface area contributed by atoms with Crippen LogP contribution in [0.1, 0.15) is 45.1 Å². The number of benzene rings is 1. The molecule has 2 rings (SSSR count). The molecule has 1 saturated heterocycles. The van der Waals surface area contributed by atoms with E-state index in [-0.39, 0.29) is 11.9 Å². The van der Waals surface area contributed by atoms with Gasteiger partial charge in [0.15, 0.2) is 0 Å². The molecule has 1 aliphatic rings. The second-order valence-electron chi connectivity index (χ2n) is 7.77. The Labute approximate surface area is 163 Å². The average Bonchev–Trinajstić information content (AvgIpc) is 3.19. The van der Waals surface area contributed by atoms with Crippen molar-refractivity contribution in [2.75, 3.05) is 26.7 Å². The van der Waals surface area contributed by atoms with Gasteiger partial charge in [-0.25, -0.2) is 8.42 Å². The minimum atomic E-state index is -3.38. The second kappa shape index (κ2) is 9.66. The van der Waals surface area contributed by atoms with Gasteiger partial charge in [-0.1, -0.05) is 26.0 Å². The third-order valence-corrected chi connectivity index (χ3v) is 7.25. The van der Waals surface area contributed by atoms with Crippen molar-refractivity contribution in [3.05, 3.63) is 29.8 Å². The molecule has 2 N–H and O–H groups in total. The summed E-state index contributed by atoms with van der Waals surface area (Å²) in [6.45, 7) is 6.03. The van der Waals surface area contributed by atoms with Gasteiger partial charge in [-0.3, -0.25) is 4.79 Å². The van der Waals surface area contributed by atoms with Gasteiger partial charge < -0.3 is 10.6 Å². The van der Waals surface area contributed by atoms with Crippen LogP contribution in [-0.4, -0.2) is 56.3 Å². The first-order valence-electron chi connectivity index (χ1n) is 9.80. The Morgan fingerprint density at radius 1 is 1.19 bits per heavy atom. The molecule has 1 atom stereocenters. The van der Waals surface area contributed by atoms with Crippen LogP contribution in [0.3, 0.4) is 0 Å². The van der Waals surface area contributed by atoms with E-state index in [1.165, 1.54) is 0 Å². The van der Waals surface area contributed by atoms with Crippen molar-refractivity contribution < 1.29 is 13.2 Å². The molecule has 7 heteroatoms. The van der Waals surface area contributed by atoms with Gasteiger partial charge in [-0.05, 0) is 49.3 Å². The number of sulfonamides is 1. The number of nitrogens with zero attached hydrogens (tertiary/aromatic N) is 2. The fourth-order valence-corrected chi connectivity index (χ4v) is 4.67. The number of nitrogens with two attached hydrogens (primary N) is 1. The van der Waals surface area contributed by atoms with Crippen molar-refractivity contribution >= 4 is 15.9 Å². The molecule has 1 heterocycles. The summed E-state index contributed by atoms with van der Waals surface area (Å²) in [5.74, 6) is 0.489. The monoisotopic (exact) mass is 395 g/mol. The van der Waals surface area contributed by atoms with Gasteiger partial charge in [-0.2, -0.15) is 4.31 Å². The van der Waals surface area contributed by atoms with Crippen LogP contribution in [0, 0.1) is 5.92 Å². The lowest BCUT2D eigenvalue weighted by atomic mass is 10.0. The molecule has 0 radical (unpaired) electrons. The summed E-state index contributed by atoms with van der Waals surface area (Å²) in [6.07, 6.45) is 3.65. The van der Waals surface area contributed by atoms with Gasteiger partial charge in [-0.15, -0.1) is 0 Å². The third-order valence-electron chi connectivity index (χ3n) is 5.33. The maximum absolute atomic E-state index is 12.5. The van der Waals surface area contributed by atoms with Gasteiger partial charge in [0, 0.05) is 39.1 Å².